The molecule has 0 bridgehead atoms. The number of anilines is 1. The number of carbonyl (C=O) groups excluding carboxylic acids is 6. The number of nitrogens with one attached hydrogen (secondary N) is 4. The van der Waals surface area contributed by atoms with E-state index in [1.165, 1.54) is 17.0 Å². The summed E-state index contributed by atoms with van der Waals surface area (Å²) in [4.78, 5) is 95.4. The highest BCUT2D eigenvalue weighted by molar-refractivity contribution is 8.01. The average Bonchev–Trinajstić information content (AvgIpc) is 3.42. The number of hydrogen-bond acceptors (Lipinski definition) is 12. The molecule has 1 aromatic carbocycles. The van der Waals surface area contributed by atoms with Crippen molar-refractivity contribution in [3.8, 4) is 0 Å². The highest BCUT2D eigenvalue weighted by Crippen LogP contribution is 2.31. The maximum atomic E-state index is 13.5. The second-order valence-electron chi connectivity index (χ2n) is 15.0. The van der Waals surface area contributed by atoms with E-state index in [9.17, 15) is 38.9 Å². The van der Waals surface area contributed by atoms with Crippen molar-refractivity contribution in [1.29, 1.82) is 0 Å². The number of thioether (sulfide) groups is 1. The molecule has 1 heterocycles. The molecule has 1 aromatic rings. The van der Waals surface area contributed by atoms with Crippen LogP contribution >= 0.6 is 11.8 Å². The normalized spacial score (nSPS) is 15.9. The molecule has 1 saturated heterocycles. The van der Waals surface area contributed by atoms with Crippen LogP contribution in [0.2, 0.25) is 0 Å². The summed E-state index contributed by atoms with van der Waals surface area (Å²) in [5, 5.41) is 19.9. The van der Waals surface area contributed by atoms with Gasteiger partial charge in [0.1, 0.15) is 22.6 Å². The molecule has 1 aliphatic heterocycles. The van der Waals surface area contributed by atoms with Gasteiger partial charge in [-0.05, 0) is 61.6 Å². The monoisotopic (exact) mass is 837 g/mol. The van der Waals surface area contributed by atoms with E-state index in [2.05, 4.69) is 35.2 Å². The van der Waals surface area contributed by atoms with Crippen molar-refractivity contribution >= 4 is 53.0 Å². The van der Waals surface area contributed by atoms with E-state index >= 15 is 0 Å². The van der Waals surface area contributed by atoms with Gasteiger partial charge in [0.2, 0.25) is 29.5 Å². The first-order chi connectivity index (χ1) is 27.4. The number of nitrogens with zero attached hydrogens (tertiary/aromatic N) is 4. The maximum absolute atomic E-state index is 13.5. The number of imide groups is 1. The Labute approximate surface area is 345 Å². The SMILES string of the molecule is CCC(CC)SC1CC(=O)N(CCCCCC(=O)NC(C(=O)NC(CCCNC(N)=O)[N+](=O)Nc2ccc(CON(O)N(C)C(C(N)=O)C(C)C)cc2)C(C)C)C1=O. The third-order valence-electron chi connectivity index (χ3n) is 9.70. The zero-order valence-corrected chi connectivity index (χ0v) is 35.7. The van der Waals surface area contributed by atoms with E-state index in [-0.39, 0.29) is 73.6 Å². The third kappa shape index (κ3) is 16.5. The Morgan fingerprint density at radius 2 is 1.64 bits per heavy atom. The minimum Gasteiger partial charge on any atom is -0.368 e. The molecule has 0 radical (unpaired) electrons. The molecule has 1 fully saturated rings. The highest BCUT2D eigenvalue weighted by atomic mass is 32.2. The summed E-state index contributed by atoms with van der Waals surface area (Å²) in [7, 11) is 1.46. The molecule has 4 atom stereocenters. The molecule has 326 valence electrons. The van der Waals surface area contributed by atoms with Crippen molar-refractivity contribution in [2.24, 2.45) is 23.3 Å². The third-order valence-corrected chi connectivity index (χ3v) is 11.5. The van der Waals surface area contributed by atoms with Crippen molar-refractivity contribution in [3.63, 3.8) is 0 Å². The van der Waals surface area contributed by atoms with Gasteiger partial charge in [-0.3, -0.25) is 44.2 Å². The summed E-state index contributed by atoms with van der Waals surface area (Å²) in [6.07, 6.45) is 3.15. The number of benzene rings is 1. The Bertz CT molecular complexity index is 1530. The van der Waals surface area contributed by atoms with Crippen LogP contribution in [0.3, 0.4) is 0 Å². The molecule has 0 spiro atoms. The van der Waals surface area contributed by atoms with Crippen LogP contribution in [-0.2, 0) is 35.4 Å². The van der Waals surface area contributed by atoms with Gasteiger partial charge in [0.25, 0.3) is 0 Å². The average molecular weight is 838 g/mol. The molecule has 58 heavy (non-hydrogen) atoms. The van der Waals surface area contributed by atoms with Crippen LogP contribution in [0.4, 0.5) is 10.5 Å². The fraction of sp³-hybridized carbons (Fsp3) is 0.684. The molecule has 1 aliphatic rings. The summed E-state index contributed by atoms with van der Waals surface area (Å²) < 4.78 is 0. The number of primary amides is 2. The molecule has 19 nitrogen and oxygen atoms in total. The van der Waals surface area contributed by atoms with Gasteiger partial charge in [-0.15, -0.1) is 17.2 Å². The van der Waals surface area contributed by atoms with Gasteiger partial charge in [0.05, 0.1) is 16.8 Å². The van der Waals surface area contributed by atoms with Crippen LogP contribution in [0.25, 0.3) is 0 Å². The van der Waals surface area contributed by atoms with Crippen LogP contribution in [0, 0.1) is 16.7 Å². The van der Waals surface area contributed by atoms with Gasteiger partial charge in [-0.25, -0.2) is 4.79 Å². The predicted octanol–water partition coefficient (Wildman–Crippen LogP) is 2.91. The molecule has 4 unspecified atom stereocenters. The lowest BCUT2D eigenvalue weighted by Crippen LogP contribution is -2.54. The molecular formula is C38H65N10O9S+. The number of amides is 7. The van der Waals surface area contributed by atoms with E-state index in [4.69, 9.17) is 16.3 Å². The van der Waals surface area contributed by atoms with Gasteiger partial charge in [0, 0.05) is 50.0 Å². The Balaban J connectivity index is 1.95. The lowest BCUT2D eigenvalue weighted by molar-refractivity contribution is -0.563. The predicted molar refractivity (Wildman–Crippen MR) is 219 cm³/mol. The summed E-state index contributed by atoms with van der Waals surface area (Å²) in [6, 6.07) is 3.96. The van der Waals surface area contributed by atoms with Gasteiger partial charge in [0.15, 0.2) is 0 Å². The van der Waals surface area contributed by atoms with Gasteiger partial charge >= 0.3 is 12.2 Å². The number of hydrazine groups is 2. The van der Waals surface area contributed by atoms with Gasteiger partial charge in [-0.1, -0.05) is 60.1 Å². The van der Waals surface area contributed by atoms with E-state index in [0.29, 0.717) is 52.5 Å². The second kappa shape index (κ2) is 25.2. The van der Waals surface area contributed by atoms with E-state index in [0.717, 1.165) is 12.8 Å². The minimum absolute atomic E-state index is 0.0847. The Hall–Kier alpha value is -4.37. The second-order valence-corrected chi connectivity index (χ2v) is 16.5. The molecule has 7 amide bonds. The van der Waals surface area contributed by atoms with Crippen LogP contribution in [0.5, 0.6) is 0 Å². The maximum Gasteiger partial charge on any atom is 0.312 e. The quantitative estimate of drug-likeness (QED) is 0.0211. The van der Waals surface area contributed by atoms with E-state index in [1.807, 2.05) is 0 Å². The summed E-state index contributed by atoms with van der Waals surface area (Å²) in [5.74, 6) is -2.38. The number of nitroso groups, excluding NO2 is 1. The standard InChI is InChI=1S/C38H64N10O9S/c1-8-28(9-2)58-29-22-32(50)46(37(29)53)21-12-10-11-15-31(49)43-33(24(3)4)36(52)42-30(14-13-20-41-38(40)54)47(55)44-27-18-16-26(17-19-27)23-57-48(56)45(7)34(25(5)6)35(39)51/h16-19,24-25,28-30,33-34,56H,8-15,20-23H2,1-7H3,(H7-,39,40,41,42,43,44,49,51,52,54,55)/p+1. The number of urea groups is 1. The topological polar surface area (TPSA) is 262 Å². The van der Waals surface area contributed by atoms with Gasteiger partial charge < -0.3 is 22.1 Å². The largest absolute Gasteiger partial charge is 0.368 e. The first-order valence-corrected chi connectivity index (χ1v) is 20.9. The molecule has 20 heteroatoms. The molecule has 0 saturated carbocycles. The Kier molecular flexibility index (Phi) is 21.6. The Morgan fingerprint density at radius 3 is 2.21 bits per heavy atom. The van der Waals surface area contributed by atoms with Crippen molar-refractivity contribution in [2.75, 3.05) is 25.6 Å². The lowest BCUT2D eigenvalue weighted by atomic mass is 10.0. The van der Waals surface area contributed by atoms with Gasteiger partial charge in [-0.2, -0.15) is 5.01 Å². The van der Waals surface area contributed by atoms with Crippen LogP contribution in [-0.4, -0.2) is 110 Å². The van der Waals surface area contributed by atoms with Crippen LogP contribution < -0.4 is 32.8 Å². The molecule has 0 aromatic heterocycles. The molecular weight excluding hydrogens is 773 g/mol. The lowest BCUT2D eigenvalue weighted by Gasteiger charge is -2.32. The summed E-state index contributed by atoms with van der Waals surface area (Å²) in [6.45, 7) is 11.6. The molecule has 2 rings (SSSR count). The first kappa shape index (κ1) is 49.8. The summed E-state index contributed by atoms with van der Waals surface area (Å²) >= 11 is 1.58. The number of likely N-dealkylation sites (N-methyl/N-ethyl adjacent to an activating group) is 1. The van der Waals surface area contributed by atoms with Crippen molar-refractivity contribution < 1.29 is 43.7 Å². The van der Waals surface area contributed by atoms with Crippen molar-refractivity contribution in [3.05, 3.63) is 34.7 Å². The number of rotatable bonds is 28. The number of carbonyl (C=O) groups is 6. The van der Waals surface area contributed by atoms with Crippen LogP contribution in [0.1, 0.15) is 105 Å². The number of hydrogen-bond donors (Lipinski definition) is 7. The highest BCUT2D eigenvalue weighted by Gasteiger charge is 2.39. The Morgan fingerprint density at radius 1 is 0.983 bits per heavy atom. The number of likely N-dealkylation sites (tertiary alicyclic amines) is 1. The fourth-order valence-electron chi connectivity index (χ4n) is 6.38. The smallest absolute Gasteiger partial charge is 0.312 e. The minimum atomic E-state index is -1.12. The number of unbranched alkanes of at least 4 members (excludes halogenated alkanes) is 2. The van der Waals surface area contributed by atoms with Crippen LogP contribution in [0.15, 0.2) is 24.3 Å². The van der Waals surface area contributed by atoms with E-state index < -0.39 is 36.1 Å². The first-order valence-electron chi connectivity index (χ1n) is 20.0. The number of nitrogens with two attached hydrogens (primary N) is 2. The molecule has 0 aliphatic carbocycles. The fourth-order valence-corrected chi connectivity index (χ4v) is 7.72. The van der Waals surface area contributed by atoms with Crippen molar-refractivity contribution in [1.82, 2.24) is 31.2 Å². The van der Waals surface area contributed by atoms with E-state index in [1.54, 1.807) is 63.7 Å². The summed E-state index contributed by atoms with van der Waals surface area (Å²) in [5.41, 5.74) is 14.3. The zero-order valence-electron chi connectivity index (χ0n) is 34.9. The molecule has 9 N–H and O–H groups in total. The van der Waals surface area contributed by atoms with Crippen molar-refractivity contribution in [2.45, 2.75) is 135 Å². The zero-order chi connectivity index (χ0) is 43.5.